The Hall–Kier alpha value is -3.13. The van der Waals surface area contributed by atoms with Gasteiger partial charge in [-0.2, -0.15) is 5.26 Å². The lowest BCUT2D eigenvalue weighted by Gasteiger charge is -2.13. The van der Waals surface area contributed by atoms with Gasteiger partial charge in [-0.3, -0.25) is 4.79 Å². The van der Waals surface area contributed by atoms with Crippen molar-refractivity contribution < 1.29 is 14.3 Å². The summed E-state index contributed by atoms with van der Waals surface area (Å²) in [5, 5.41) is 9.45. The average molecular weight is 392 g/mol. The normalized spacial score (nSPS) is 12.4. The molecule has 0 saturated heterocycles. The number of aryl methyl sites for hydroxylation is 3. The van der Waals surface area contributed by atoms with Crippen LogP contribution in [0.25, 0.3) is 6.08 Å². The largest absolute Gasteiger partial charge is 0.450 e. The molecule has 0 radical (unpaired) electrons. The third-order valence-corrected chi connectivity index (χ3v) is 5.14. The van der Waals surface area contributed by atoms with Crippen LogP contribution in [0.3, 0.4) is 0 Å². The Bertz CT molecular complexity index is 1010. The molecule has 0 aliphatic carbocycles. The van der Waals surface area contributed by atoms with E-state index in [2.05, 4.69) is 11.5 Å². The minimum atomic E-state index is -0.978. The van der Waals surface area contributed by atoms with Crippen molar-refractivity contribution in [2.45, 2.75) is 60.6 Å². The third-order valence-electron chi connectivity index (χ3n) is 5.14. The van der Waals surface area contributed by atoms with Crippen molar-refractivity contribution in [3.8, 4) is 6.07 Å². The van der Waals surface area contributed by atoms with Crippen LogP contribution in [0.5, 0.6) is 0 Å². The molecule has 0 bridgehead atoms. The number of ketones is 1. The second kappa shape index (κ2) is 9.38. The molecule has 0 fully saturated rings. The maximum absolute atomic E-state index is 12.6. The van der Waals surface area contributed by atoms with Gasteiger partial charge >= 0.3 is 5.97 Å². The van der Waals surface area contributed by atoms with Gasteiger partial charge in [0.15, 0.2) is 6.10 Å². The van der Waals surface area contributed by atoms with Crippen molar-refractivity contribution in [2.75, 3.05) is 0 Å². The molecule has 1 aromatic carbocycles. The zero-order chi connectivity index (χ0) is 21.7. The van der Waals surface area contributed by atoms with E-state index in [1.165, 1.54) is 13.0 Å². The Labute approximate surface area is 172 Å². The molecular formula is C24H28N2O3. The molecule has 152 valence electrons. The summed E-state index contributed by atoms with van der Waals surface area (Å²) in [6.07, 6.45) is 1.54. The van der Waals surface area contributed by atoms with Gasteiger partial charge in [-0.15, -0.1) is 0 Å². The SMILES string of the molecule is CCCn1c(C)cc(/C=C(\C#N)C(=O)O[C@H](C)C(=O)c2ccc(C)c(C)c2)c1C. The predicted molar refractivity (Wildman–Crippen MR) is 114 cm³/mol. The zero-order valence-electron chi connectivity index (χ0n) is 18.0. The Kier molecular flexibility index (Phi) is 7.17. The summed E-state index contributed by atoms with van der Waals surface area (Å²) in [4.78, 5) is 25.1. The molecule has 0 amide bonds. The molecule has 0 aliphatic rings. The molecular weight excluding hydrogens is 364 g/mol. The van der Waals surface area contributed by atoms with Gasteiger partial charge in [0.05, 0.1) is 0 Å². The maximum Gasteiger partial charge on any atom is 0.349 e. The fourth-order valence-corrected chi connectivity index (χ4v) is 3.24. The number of carbonyl (C=O) groups is 2. The molecule has 1 aromatic heterocycles. The van der Waals surface area contributed by atoms with Crippen LogP contribution in [0, 0.1) is 39.0 Å². The topological polar surface area (TPSA) is 72.1 Å². The number of hydrogen-bond donors (Lipinski definition) is 0. The van der Waals surface area contributed by atoms with Crippen molar-refractivity contribution in [3.05, 3.63) is 63.5 Å². The van der Waals surface area contributed by atoms with Gasteiger partial charge in [-0.1, -0.05) is 19.1 Å². The van der Waals surface area contributed by atoms with Crippen molar-refractivity contribution in [3.63, 3.8) is 0 Å². The summed E-state index contributed by atoms with van der Waals surface area (Å²) in [5.74, 6) is -1.09. The summed E-state index contributed by atoms with van der Waals surface area (Å²) in [7, 11) is 0. The number of ether oxygens (including phenoxy) is 1. The summed E-state index contributed by atoms with van der Waals surface area (Å²) in [6.45, 7) is 12.3. The smallest absolute Gasteiger partial charge is 0.349 e. The van der Waals surface area contributed by atoms with Crippen molar-refractivity contribution in [1.29, 1.82) is 5.26 Å². The first-order valence-electron chi connectivity index (χ1n) is 9.80. The highest BCUT2D eigenvalue weighted by Crippen LogP contribution is 2.20. The first-order valence-corrected chi connectivity index (χ1v) is 9.80. The van der Waals surface area contributed by atoms with Crippen molar-refractivity contribution in [2.24, 2.45) is 0 Å². The molecule has 1 atom stereocenters. The maximum atomic E-state index is 12.6. The Morgan fingerprint density at radius 2 is 1.86 bits per heavy atom. The Balaban J connectivity index is 2.20. The highest BCUT2D eigenvalue weighted by Gasteiger charge is 2.22. The van der Waals surface area contributed by atoms with E-state index in [4.69, 9.17) is 4.74 Å². The number of carbonyl (C=O) groups excluding carboxylic acids is 2. The van der Waals surface area contributed by atoms with E-state index in [1.807, 2.05) is 45.9 Å². The van der Waals surface area contributed by atoms with Crippen LogP contribution in [0.1, 0.15) is 58.7 Å². The second-order valence-electron chi connectivity index (χ2n) is 7.36. The van der Waals surface area contributed by atoms with Gasteiger partial charge < -0.3 is 9.30 Å². The number of Topliss-reactive ketones (excluding diaryl/α,β-unsaturated/α-hetero) is 1. The molecule has 0 unspecified atom stereocenters. The molecule has 0 spiro atoms. The number of benzene rings is 1. The van der Waals surface area contributed by atoms with Crippen LogP contribution in [-0.4, -0.2) is 22.4 Å². The molecule has 5 heteroatoms. The predicted octanol–water partition coefficient (Wildman–Crippen LogP) is 4.85. The van der Waals surface area contributed by atoms with Gasteiger partial charge in [0.25, 0.3) is 0 Å². The van der Waals surface area contributed by atoms with Crippen LogP contribution in [0.15, 0.2) is 29.8 Å². The molecule has 1 heterocycles. The number of hydrogen-bond acceptors (Lipinski definition) is 4. The molecule has 2 aromatic rings. The molecule has 29 heavy (non-hydrogen) atoms. The van der Waals surface area contributed by atoms with Gasteiger partial charge in [-0.25, -0.2) is 4.79 Å². The molecule has 0 N–H and O–H groups in total. The van der Waals surface area contributed by atoms with E-state index in [0.29, 0.717) is 5.56 Å². The number of nitrogens with zero attached hydrogens (tertiary/aromatic N) is 2. The van der Waals surface area contributed by atoms with Crippen LogP contribution in [0.4, 0.5) is 0 Å². The summed E-state index contributed by atoms with van der Waals surface area (Å²) < 4.78 is 7.45. The van der Waals surface area contributed by atoms with Gasteiger partial charge in [0.1, 0.15) is 11.6 Å². The Morgan fingerprint density at radius 3 is 2.45 bits per heavy atom. The van der Waals surface area contributed by atoms with E-state index in [0.717, 1.165) is 41.0 Å². The number of aromatic nitrogens is 1. The van der Waals surface area contributed by atoms with Crippen LogP contribution >= 0.6 is 0 Å². The minimum Gasteiger partial charge on any atom is -0.450 e. The van der Waals surface area contributed by atoms with E-state index in [9.17, 15) is 14.9 Å². The van der Waals surface area contributed by atoms with Crippen molar-refractivity contribution in [1.82, 2.24) is 4.57 Å². The summed E-state index contributed by atoms with van der Waals surface area (Å²) >= 11 is 0. The fourth-order valence-electron chi connectivity index (χ4n) is 3.24. The first kappa shape index (κ1) is 22.2. The number of nitriles is 1. The first-order chi connectivity index (χ1) is 13.7. The third kappa shape index (κ3) is 5.03. The van der Waals surface area contributed by atoms with Gasteiger partial charge in [-0.05, 0) is 75.9 Å². The summed E-state index contributed by atoms with van der Waals surface area (Å²) in [6, 6.07) is 9.22. The molecule has 5 nitrogen and oxygen atoms in total. The molecule has 0 saturated carbocycles. The molecule has 2 rings (SSSR count). The lowest BCUT2D eigenvalue weighted by atomic mass is 10.0. The van der Waals surface area contributed by atoms with E-state index < -0.39 is 12.1 Å². The van der Waals surface area contributed by atoms with Gasteiger partial charge in [0.2, 0.25) is 5.78 Å². The highest BCUT2D eigenvalue weighted by atomic mass is 16.5. The van der Waals surface area contributed by atoms with Gasteiger partial charge in [0, 0.05) is 23.5 Å². The zero-order valence-corrected chi connectivity index (χ0v) is 18.0. The minimum absolute atomic E-state index is 0.124. The van der Waals surface area contributed by atoms with E-state index in [1.54, 1.807) is 12.1 Å². The standard InChI is InChI=1S/C24H28N2O3/c1-7-10-26-17(4)12-21(18(26)5)13-22(14-25)24(28)29-19(6)23(27)20-9-8-15(2)16(3)11-20/h8-9,11-13,19H,7,10H2,1-6H3/b22-13+/t19-/m1/s1. The fraction of sp³-hybridized carbons (Fsp3) is 0.375. The van der Waals surface area contributed by atoms with Crippen molar-refractivity contribution >= 4 is 17.8 Å². The lowest BCUT2D eigenvalue weighted by molar-refractivity contribution is -0.141. The summed E-state index contributed by atoms with van der Waals surface area (Å²) in [5.41, 5.74) is 5.30. The van der Waals surface area contributed by atoms with Crippen LogP contribution in [0.2, 0.25) is 0 Å². The monoisotopic (exact) mass is 392 g/mol. The number of esters is 1. The van der Waals surface area contributed by atoms with E-state index >= 15 is 0 Å². The second-order valence-corrected chi connectivity index (χ2v) is 7.36. The lowest BCUT2D eigenvalue weighted by Crippen LogP contribution is -2.25. The highest BCUT2D eigenvalue weighted by molar-refractivity contribution is 6.03. The Morgan fingerprint density at radius 1 is 1.17 bits per heavy atom. The average Bonchev–Trinajstić information content (AvgIpc) is 2.95. The quantitative estimate of drug-likeness (QED) is 0.292. The number of rotatable bonds is 7. The van der Waals surface area contributed by atoms with E-state index in [-0.39, 0.29) is 11.4 Å². The molecule has 0 aliphatic heterocycles. The van der Waals surface area contributed by atoms with Crippen LogP contribution in [-0.2, 0) is 16.1 Å². The van der Waals surface area contributed by atoms with Crippen LogP contribution < -0.4 is 0 Å².